The molecule has 0 radical (unpaired) electrons. The first-order chi connectivity index (χ1) is 14.0. The molecule has 0 unspecified atom stereocenters. The summed E-state index contributed by atoms with van der Waals surface area (Å²) in [5.41, 5.74) is 7.07. The molecule has 7 nitrogen and oxygen atoms in total. The molecule has 0 saturated heterocycles. The lowest BCUT2D eigenvalue weighted by atomic mass is 9.93. The van der Waals surface area contributed by atoms with Crippen LogP contribution < -0.4 is 25.3 Å². The van der Waals surface area contributed by atoms with E-state index in [1.54, 1.807) is 44.6 Å². The lowest BCUT2D eigenvalue weighted by Crippen LogP contribution is -2.38. The Morgan fingerprint density at radius 1 is 1.03 bits per heavy atom. The first-order valence-electron chi connectivity index (χ1n) is 9.75. The van der Waals surface area contributed by atoms with Gasteiger partial charge in [-0.3, -0.25) is 4.79 Å². The zero-order chi connectivity index (χ0) is 20.8. The molecule has 0 bridgehead atoms. The van der Waals surface area contributed by atoms with Crippen LogP contribution in [0.4, 0.5) is 0 Å². The highest BCUT2D eigenvalue weighted by molar-refractivity contribution is 5.95. The summed E-state index contributed by atoms with van der Waals surface area (Å²) in [7, 11) is 3.13. The zero-order valence-electron chi connectivity index (χ0n) is 17.2. The molecule has 1 saturated carbocycles. The van der Waals surface area contributed by atoms with Crippen LogP contribution in [0.1, 0.15) is 41.6 Å². The maximum absolute atomic E-state index is 12.7. The molecule has 1 aliphatic rings. The minimum Gasteiger partial charge on any atom is -0.496 e. The Morgan fingerprint density at radius 2 is 1.73 bits per heavy atom. The van der Waals surface area contributed by atoms with Crippen molar-refractivity contribution in [1.82, 2.24) is 5.32 Å². The molecule has 4 N–H and O–H groups in total. The number of nitrogens with two attached hydrogens (primary N) is 1. The maximum Gasteiger partial charge on any atom is 0.251 e. The van der Waals surface area contributed by atoms with Crippen LogP contribution in [-0.2, 0) is 6.54 Å². The lowest BCUT2D eigenvalue weighted by Gasteiger charge is -2.26. The van der Waals surface area contributed by atoms with Gasteiger partial charge in [-0.05, 0) is 49.9 Å². The van der Waals surface area contributed by atoms with Crippen molar-refractivity contribution in [2.45, 2.75) is 44.4 Å². The number of nitrogens with one attached hydrogen (secondary N) is 1. The molecule has 30 heavy (non-hydrogen) atoms. The number of carbonyl (C=O) groups excluding carboxylic acids is 1. The number of amides is 1. The predicted molar refractivity (Wildman–Crippen MR) is 117 cm³/mol. The number of hydrogen-bond acceptors (Lipinski definition) is 6. The maximum atomic E-state index is 12.7. The number of benzene rings is 2. The van der Waals surface area contributed by atoms with E-state index in [1.165, 1.54) is 0 Å². The fraction of sp³-hybridized carbons (Fsp3) is 0.409. The van der Waals surface area contributed by atoms with Gasteiger partial charge < -0.3 is 30.4 Å². The van der Waals surface area contributed by atoms with Gasteiger partial charge in [-0.25, -0.2) is 0 Å². The lowest BCUT2D eigenvalue weighted by molar-refractivity contribution is 0.0867. The molecule has 0 atom stereocenters. The first kappa shape index (κ1) is 23.8. The quantitative estimate of drug-likeness (QED) is 0.614. The number of carbonyl (C=O) groups is 1. The number of methoxy groups -OCH3 is 2. The van der Waals surface area contributed by atoms with Crippen molar-refractivity contribution in [2.75, 3.05) is 14.2 Å². The van der Waals surface area contributed by atoms with Crippen LogP contribution in [0.25, 0.3) is 0 Å². The van der Waals surface area contributed by atoms with E-state index in [9.17, 15) is 9.90 Å². The van der Waals surface area contributed by atoms with Gasteiger partial charge in [0.25, 0.3) is 5.91 Å². The highest BCUT2D eigenvalue weighted by Crippen LogP contribution is 2.34. The fourth-order valence-corrected chi connectivity index (χ4v) is 3.47. The third-order valence-electron chi connectivity index (χ3n) is 5.16. The molecule has 2 aromatic rings. The van der Waals surface area contributed by atoms with Crippen LogP contribution >= 0.6 is 12.4 Å². The first-order valence-corrected chi connectivity index (χ1v) is 9.75. The van der Waals surface area contributed by atoms with Crippen LogP contribution in [0.3, 0.4) is 0 Å². The van der Waals surface area contributed by atoms with Crippen LogP contribution in [0.15, 0.2) is 36.4 Å². The Morgan fingerprint density at radius 3 is 2.37 bits per heavy atom. The minimum absolute atomic E-state index is 0. The fourth-order valence-electron chi connectivity index (χ4n) is 3.47. The van der Waals surface area contributed by atoms with E-state index in [4.69, 9.17) is 19.9 Å². The van der Waals surface area contributed by atoms with E-state index in [-0.39, 0.29) is 30.5 Å². The molecular formula is C22H29ClN2O5. The smallest absolute Gasteiger partial charge is 0.251 e. The van der Waals surface area contributed by atoms with Crippen molar-refractivity contribution >= 4 is 18.3 Å². The molecule has 3 rings (SSSR count). The van der Waals surface area contributed by atoms with Crippen LogP contribution in [0.2, 0.25) is 0 Å². The molecule has 2 aromatic carbocycles. The van der Waals surface area contributed by atoms with Gasteiger partial charge in [0, 0.05) is 29.8 Å². The number of hydrogen-bond donors (Lipinski definition) is 3. The minimum atomic E-state index is -0.258. The highest BCUT2D eigenvalue weighted by Gasteiger charge is 2.22. The summed E-state index contributed by atoms with van der Waals surface area (Å²) in [5.74, 6) is 1.97. The SMILES string of the molecule is COc1cc(Oc2cc(C(=O)NC3CCC(O)CC3)ccc2OC)ccc1CN.Cl. The van der Waals surface area contributed by atoms with E-state index < -0.39 is 0 Å². The third kappa shape index (κ3) is 5.78. The number of halogens is 1. The van der Waals surface area contributed by atoms with Gasteiger partial charge in [-0.1, -0.05) is 6.07 Å². The van der Waals surface area contributed by atoms with Gasteiger partial charge in [0.2, 0.25) is 0 Å². The van der Waals surface area contributed by atoms with Crippen molar-refractivity contribution in [3.8, 4) is 23.0 Å². The standard InChI is InChI=1S/C22H28N2O5.ClH/c1-27-19-10-4-14(22(26)24-16-5-7-17(25)8-6-16)11-21(19)29-18-9-3-15(13-23)20(12-18)28-2;/h3-4,9-12,16-17,25H,5-8,13,23H2,1-2H3,(H,24,26);1H. The van der Waals surface area contributed by atoms with Crippen LogP contribution in [-0.4, -0.2) is 37.4 Å². The molecule has 0 spiro atoms. The number of rotatable bonds is 7. The summed E-state index contributed by atoms with van der Waals surface area (Å²) in [6.45, 7) is 0.362. The number of aliphatic hydroxyl groups is 1. The monoisotopic (exact) mass is 436 g/mol. The Labute approximate surface area is 182 Å². The summed E-state index contributed by atoms with van der Waals surface area (Å²) in [4.78, 5) is 12.7. The molecule has 1 amide bonds. The van der Waals surface area contributed by atoms with Crippen LogP contribution in [0.5, 0.6) is 23.0 Å². The van der Waals surface area contributed by atoms with E-state index in [1.807, 2.05) is 6.07 Å². The van der Waals surface area contributed by atoms with E-state index in [0.717, 1.165) is 18.4 Å². The predicted octanol–water partition coefficient (Wildman–Crippen LogP) is 3.41. The van der Waals surface area contributed by atoms with E-state index in [2.05, 4.69) is 5.32 Å². The van der Waals surface area contributed by atoms with Crippen molar-refractivity contribution in [3.63, 3.8) is 0 Å². The Bertz CT molecular complexity index is 853. The highest BCUT2D eigenvalue weighted by atomic mass is 35.5. The van der Waals surface area contributed by atoms with Gasteiger partial charge in [-0.2, -0.15) is 0 Å². The van der Waals surface area contributed by atoms with E-state index in [0.29, 0.717) is 47.9 Å². The second-order valence-corrected chi connectivity index (χ2v) is 7.12. The molecule has 8 heteroatoms. The average Bonchev–Trinajstić information content (AvgIpc) is 2.75. The molecule has 0 aromatic heterocycles. The van der Waals surface area contributed by atoms with Gasteiger partial charge in [0.1, 0.15) is 11.5 Å². The number of ether oxygens (including phenoxy) is 3. The zero-order valence-corrected chi connectivity index (χ0v) is 18.0. The summed E-state index contributed by atoms with van der Waals surface area (Å²) in [6, 6.07) is 10.5. The molecule has 0 heterocycles. The summed E-state index contributed by atoms with van der Waals surface area (Å²) >= 11 is 0. The van der Waals surface area contributed by atoms with Crippen LogP contribution in [0, 0.1) is 0 Å². The van der Waals surface area contributed by atoms with Gasteiger partial charge in [0.15, 0.2) is 11.5 Å². The van der Waals surface area contributed by atoms with Crippen molar-refractivity contribution in [1.29, 1.82) is 0 Å². The van der Waals surface area contributed by atoms with E-state index >= 15 is 0 Å². The van der Waals surface area contributed by atoms with Gasteiger partial charge in [0.05, 0.1) is 20.3 Å². The molecule has 0 aliphatic heterocycles. The van der Waals surface area contributed by atoms with Crippen molar-refractivity contribution in [3.05, 3.63) is 47.5 Å². The Hall–Kier alpha value is -2.48. The summed E-state index contributed by atoms with van der Waals surface area (Å²) < 4.78 is 16.7. The summed E-state index contributed by atoms with van der Waals surface area (Å²) in [6.07, 6.45) is 2.72. The Balaban J connectivity index is 0.00000320. The van der Waals surface area contributed by atoms with Gasteiger partial charge in [-0.15, -0.1) is 12.4 Å². The molecule has 1 fully saturated rings. The van der Waals surface area contributed by atoms with Crippen molar-refractivity contribution < 1.29 is 24.1 Å². The van der Waals surface area contributed by atoms with Crippen molar-refractivity contribution in [2.24, 2.45) is 5.73 Å². The Kier molecular flexibility index (Phi) is 8.77. The largest absolute Gasteiger partial charge is 0.496 e. The second-order valence-electron chi connectivity index (χ2n) is 7.12. The molecular weight excluding hydrogens is 408 g/mol. The third-order valence-corrected chi connectivity index (χ3v) is 5.16. The normalized spacial score (nSPS) is 18.1. The second kappa shape index (κ2) is 11.1. The molecule has 1 aliphatic carbocycles. The molecule has 164 valence electrons. The number of aliphatic hydroxyl groups excluding tert-OH is 1. The average molecular weight is 437 g/mol. The topological polar surface area (TPSA) is 103 Å². The summed E-state index contributed by atoms with van der Waals surface area (Å²) in [5, 5.41) is 12.7. The van der Waals surface area contributed by atoms with Gasteiger partial charge >= 0.3 is 0 Å².